The molecule has 202 valence electrons. The van der Waals surface area contributed by atoms with Crippen LogP contribution in [0, 0.1) is 12.8 Å². The summed E-state index contributed by atoms with van der Waals surface area (Å²) in [6, 6.07) is 16.0. The van der Waals surface area contributed by atoms with E-state index in [-0.39, 0.29) is 23.8 Å². The fraction of sp³-hybridized carbons (Fsp3) is 0.333. The molecule has 0 atom stereocenters. The van der Waals surface area contributed by atoms with Crippen LogP contribution in [0.3, 0.4) is 0 Å². The van der Waals surface area contributed by atoms with Crippen LogP contribution in [-0.2, 0) is 9.59 Å². The number of carbonyl (C=O) groups excluding carboxylic acids is 3. The highest BCUT2D eigenvalue weighted by Gasteiger charge is 2.42. The number of rotatable bonds is 4. The van der Waals surface area contributed by atoms with Crippen LogP contribution >= 0.6 is 11.3 Å². The molecule has 1 aromatic heterocycles. The number of Topliss-reactive ketones (excluding diaryl/α,β-unsaturated/α-hetero) is 1. The van der Waals surface area contributed by atoms with Crippen LogP contribution in [0.5, 0.6) is 0 Å². The van der Waals surface area contributed by atoms with Gasteiger partial charge in [-0.25, -0.2) is 13.8 Å². The number of aryl methyl sites for hydroxylation is 1. The van der Waals surface area contributed by atoms with Gasteiger partial charge in [-0.1, -0.05) is 48.5 Å². The van der Waals surface area contributed by atoms with E-state index in [2.05, 4.69) is 4.98 Å². The van der Waals surface area contributed by atoms with Crippen LogP contribution < -0.4 is 4.90 Å². The molecular weight excluding hydrogens is 520 g/mol. The van der Waals surface area contributed by atoms with Crippen molar-refractivity contribution in [2.45, 2.75) is 39.0 Å². The lowest BCUT2D eigenvalue weighted by molar-refractivity contribution is -0.130. The molecule has 2 amide bonds. The number of alkyl halides is 2. The maximum atomic E-state index is 15.6. The van der Waals surface area contributed by atoms with Gasteiger partial charge in [0.05, 0.1) is 11.4 Å². The first-order chi connectivity index (χ1) is 18.7. The Kier molecular flexibility index (Phi) is 7.44. The third-order valence-corrected chi connectivity index (χ3v) is 8.63. The molecule has 0 radical (unpaired) electrons. The van der Waals surface area contributed by atoms with Gasteiger partial charge in [-0.2, -0.15) is 0 Å². The fourth-order valence-corrected chi connectivity index (χ4v) is 6.20. The maximum Gasteiger partial charge on any atom is 0.275 e. The summed E-state index contributed by atoms with van der Waals surface area (Å²) in [5, 5.41) is 0.685. The van der Waals surface area contributed by atoms with Crippen molar-refractivity contribution in [1.29, 1.82) is 0 Å². The number of thiazole rings is 1. The van der Waals surface area contributed by atoms with E-state index in [1.54, 1.807) is 25.1 Å². The van der Waals surface area contributed by atoms with Crippen molar-refractivity contribution < 1.29 is 23.2 Å². The Morgan fingerprint density at radius 3 is 2.36 bits per heavy atom. The number of allylic oxidation sites excluding steroid dienone is 1. The van der Waals surface area contributed by atoms with Crippen LogP contribution in [0.25, 0.3) is 16.1 Å². The number of anilines is 1. The number of hydrogen-bond donors (Lipinski definition) is 0. The van der Waals surface area contributed by atoms with Crippen LogP contribution in [0.1, 0.15) is 47.1 Å². The first-order valence-electron chi connectivity index (χ1n) is 13.0. The van der Waals surface area contributed by atoms with Gasteiger partial charge in [0.1, 0.15) is 15.7 Å². The van der Waals surface area contributed by atoms with Gasteiger partial charge in [0.25, 0.3) is 11.8 Å². The summed E-state index contributed by atoms with van der Waals surface area (Å²) in [7, 11) is 0. The Morgan fingerprint density at radius 2 is 1.67 bits per heavy atom. The largest absolute Gasteiger partial charge is 0.339 e. The van der Waals surface area contributed by atoms with E-state index in [0.717, 1.165) is 11.6 Å². The molecule has 1 fully saturated rings. The Labute approximate surface area is 230 Å². The second-order valence-corrected chi connectivity index (χ2v) is 11.0. The molecule has 39 heavy (non-hydrogen) atoms. The van der Waals surface area contributed by atoms with E-state index < -0.39 is 29.7 Å². The average Bonchev–Trinajstić information content (AvgIpc) is 3.29. The van der Waals surface area contributed by atoms with E-state index in [1.807, 2.05) is 30.3 Å². The minimum absolute atomic E-state index is 0.0847. The van der Waals surface area contributed by atoms with Crippen molar-refractivity contribution in [1.82, 2.24) is 9.88 Å². The number of amides is 2. The molecular formula is C30H29F2N3O3S. The lowest BCUT2D eigenvalue weighted by Gasteiger charge is -2.30. The standard InChI is InChI=1S/C30H29F2N3O3S/c1-19-27(39-28(33-19)22-8-4-3-5-9-22)29(38)35-17-14-30(31,32)24(23-10-6-7-11-25(23)35)18-26(37)34-15-12-21(13-16-34)20(2)36/h3-11,18,21H,12-17H2,1-2H3. The van der Waals surface area contributed by atoms with Gasteiger partial charge in [0.15, 0.2) is 0 Å². The number of hydrogen-bond acceptors (Lipinski definition) is 5. The van der Waals surface area contributed by atoms with Crippen LogP contribution in [0.4, 0.5) is 14.5 Å². The maximum absolute atomic E-state index is 15.6. The van der Waals surface area contributed by atoms with Crippen molar-refractivity contribution in [3.8, 4) is 10.6 Å². The molecule has 0 aliphatic carbocycles. The van der Waals surface area contributed by atoms with Crippen LogP contribution in [0.15, 0.2) is 60.7 Å². The molecule has 0 N–H and O–H groups in total. The molecule has 6 nitrogen and oxygen atoms in total. The summed E-state index contributed by atoms with van der Waals surface area (Å²) in [4.78, 5) is 46.4. The molecule has 3 aromatic rings. The molecule has 1 saturated heterocycles. The quantitative estimate of drug-likeness (QED) is 0.374. The van der Waals surface area contributed by atoms with Crippen LogP contribution in [-0.4, -0.2) is 53.0 Å². The Balaban J connectivity index is 1.47. The fourth-order valence-electron chi connectivity index (χ4n) is 5.18. The normalized spacial score (nSPS) is 18.5. The smallest absolute Gasteiger partial charge is 0.275 e. The van der Waals surface area contributed by atoms with Gasteiger partial charge in [-0.3, -0.25) is 14.4 Å². The van der Waals surface area contributed by atoms with E-state index in [1.165, 1.54) is 34.1 Å². The zero-order chi connectivity index (χ0) is 27.7. The molecule has 5 rings (SSSR count). The Bertz CT molecular complexity index is 1440. The second-order valence-electron chi connectivity index (χ2n) is 10.00. The third-order valence-electron chi connectivity index (χ3n) is 7.43. The van der Waals surface area contributed by atoms with Gasteiger partial charge in [-0.15, -0.1) is 11.3 Å². The van der Waals surface area contributed by atoms with Crippen molar-refractivity contribution in [2.75, 3.05) is 24.5 Å². The highest BCUT2D eigenvalue weighted by Crippen LogP contribution is 2.44. The number of benzene rings is 2. The van der Waals surface area contributed by atoms with E-state index in [0.29, 0.717) is 47.2 Å². The Hall–Kier alpha value is -3.72. The van der Waals surface area contributed by atoms with Gasteiger partial charge in [0, 0.05) is 54.7 Å². The molecule has 2 aliphatic heterocycles. The highest BCUT2D eigenvalue weighted by atomic mass is 32.1. The SMILES string of the molecule is CC(=O)C1CCN(C(=O)C=C2c3ccccc3N(C(=O)c3sc(-c4ccccc4)nc3C)CCC2(F)F)CC1. The summed E-state index contributed by atoms with van der Waals surface area (Å²) in [5.74, 6) is -4.24. The number of nitrogens with zero attached hydrogens (tertiary/aromatic N) is 3. The topological polar surface area (TPSA) is 70.6 Å². The van der Waals surface area contributed by atoms with Crippen molar-refractivity contribution in [3.05, 3.63) is 76.8 Å². The number of carbonyl (C=O) groups is 3. The monoisotopic (exact) mass is 549 g/mol. The minimum Gasteiger partial charge on any atom is -0.339 e. The molecule has 0 saturated carbocycles. The number of para-hydroxylation sites is 1. The van der Waals surface area contributed by atoms with Crippen molar-refractivity contribution >= 4 is 40.2 Å². The molecule has 3 heterocycles. The number of likely N-dealkylation sites (tertiary alicyclic amines) is 1. The second kappa shape index (κ2) is 10.8. The Morgan fingerprint density at radius 1 is 1.00 bits per heavy atom. The number of fused-ring (bicyclic) bond motifs is 1. The summed E-state index contributed by atoms with van der Waals surface area (Å²) in [6.45, 7) is 3.76. The van der Waals surface area contributed by atoms with Crippen molar-refractivity contribution in [2.24, 2.45) is 5.92 Å². The molecule has 0 bridgehead atoms. The molecule has 2 aromatic carbocycles. The summed E-state index contributed by atoms with van der Waals surface area (Å²) in [6.07, 6.45) is 1.45. The predicted molar refractivity (Wildman–Crippen MR) is 148 cm³/mol. The van der Waals surface area contributed by atoms with Crippen LogP contribution in [0.2, 0.25) is 0 Å². The van der Waals surface area contributed by atoms with E-state index >= 15 is 8.78 Å². The number of piperidine rings is 1. The minimum atomic E-state index is -3.32. The van der Waals surface area contributed by atoms with Gasteiger partial charge in [0.2, 0.25) is 5.91 Å². The summed E-state index contributed by atoms with van der Waals surface area (Å²) < 4.78 is 31.2. The van der Waals surface area contributed by atoms with E-state index in [9.17, 15) is 14.4 Å². The van der Waals surface area contributed by atoms with Gasteiger partial charge in [-0.05, 0) is 32.8 Å². The zero-order valence-corrected chi connectivity index (χ0v) is 22.6. The number of aromatic nitrogens is 1. The zero-order valence-electron chi connectivity index (χ0n) is 21.8. The third kappa shape index (κ3) is 5.41. The summed E-state index contributed by atoms with van der Waals surface area (Å²) in [5.41, 5.74) is 1.52. The van der Waals surface area contributed by atoms with E-state index in [4.69, 9.17) is 0 Å². The highest BCUT2D eigenvalue weighted by molar-refractivity contribution is 7.17. The van der Waals surface area contributed by atoms with Gasteiger partial charge < -0.3 is 9.80 Å². The molecule has 2 aliphatic rings. The molecule has 9 heteroatoms. The summed E-state index contributed by atoms with van der Waals surface area (Å²) >= 11 is 1.24. The molecule has 0 spiro atoms. The lowest BCUT2D eigenvalue weighted by atomic mass is 9.93. The number of halogens is 2. The predicted octanol–water partition coefficient (Wildman–Crippen LogP) is 6.02. The van der Waals surface area contributed by atoms with Gasteiger partial charge >= 0.3 is 0 Å². The lowest BCUT2D eigenvalue weighted by Crippen LogP contribution is -2.39. The molecule has 0 unspecified atom stereocenters. The number of ketones is 1. The van der Waals surface area contributed by atoms with Crippen molar-refractivity contribution in [3.63, 3.8) is 0 Å². The average molecular weight is 550 g/mol. The first-order valence-corrected chi connectivity index (χ1v) is 13.8. The first kappa shape index (κ1) is 26.9.